The predicted molar refractivity (Wildman–Crippen MR) is 91.4 cm³/mol. The molecule has 25 heavy (non-hydrogen) atoms. The minimum absolute atomic E-state index is 0.0959. The molecule has 1 aromatic carbocycles. The van der Waals surface area contributed by atoms with Crippen LogP contribution in [-0.4, -0.2) is 53.3 Å². The number of aromatic nitrogens is 1. The Hall–Kier alpha value is -2.75. The fourth-order valence-corrected chi connectivity index (χ4v) is 3.38. The summed E-state index contributed by atoms with van der Waals surface area (Å²) >= 11 is 0. The summed E-state index contributed by atoms with van der Waals surface area (Å²) in [6.07, 6.45) is 3.51. The summed E-state index contributed by atoms with van der Waals surface area (Å²) in [5.74, 6) is -0.491. The van der Waals surface area contributed by atoms with Crippen LogP contribution in [0, 0.1) is 11.3 Å². The van der Waals surface area contributed by atoms with Gasteiger partial charge in [0.25, 0.3) is 0 Å². The van der Waals surface area contributed by atoms with Crippen molar-refractivity contribution in [1.29, 1.82) is 5.26 Å². The topological polar surface area (TPSA) is 86.5 Å². The van der Waals surface area contributed by atoms with Crippen molar-refractivity contribution in [2.75, 3.05) is 20.3 Å². The summed E-state index contributed by atoms with van der Waals surface area (Å²) in [6, 6.07) is 12.9. The Morgan fingerprint density at radius 1 is 1.32 bits per heavy atom. The largest absolute Gasteiger partial charge is 0.394 e. The Kier molecular flexibility index (Phi) is 5.08. The fourth-order valence-electron chi connectivity index (χ4n) is 3.38. The van der Waals surface area contributed by atoms with Gasteiger partial charge < -0.3 is 14.7 Å². The maximum absolute atomic E-state index is 12.1. The molecule has 3 rings (SSSR count). The van der Waals surface area contributed by atoms with E-state index in [9.17, 15) is 15.2 Å². The lowest BCUT2D eigenvalue weighted by atomic mass is 9.75. The number of ether oxygens (including phenoxy) is 1. The second kappa shape index (κ2) is 7.43. The maximum atomic E-state index is 12.1. The number of rotatable bonds is 5. The maximum Gasteiger partial charge on any atom is 0.249 e. The SMILES string of the molecule is COCC(=O)N1[C@H](C#N)[C@@H](c2ccc(-c3cccnc3)cc2)[C@H]1CO. The number of amides is 1. The monoisotopic (exact) mass is 337 g/mol. The van der Waals surface area contributed by atoms with E-state index >= 15 is 0 Å². The molecule has 1 aliphatic rings. The minimum Gasteiger partial charge on any atom is -0.394 e. The van der Waals surface area contributed by atoms with Gasteiger partial charge in [-0.2, -0.15) is 5.26 Å². The summed E-state index contributed by atoms with van der Waals surface area (Å²) in [6.45, 7) is -0.288. The molecule has 1 fully saturated rings. The van der Waals surface area contributed by atoms with Gasteiger partial charge in [0.1, 0.15) is 12.6 Å². The van der Waals surface area contributed by atoms with E-state index < -0.39 is 12.1 Å². The Balaban J connectivity index is 1.83. The summed E-state index contributed by atoms with van der Waals surface area (Å²) in [5.41, 5.74) is 2.97. The molecule has 1 aromatic heterocycles. The van der Waals surface area contributed by atoms with E-state index in [2.05, 4.69) is 11.1 Å². The summed E-state index contributed by atoms with van der Waals surface area (Å²) in [4.78, 5) is 17.6. The third-order valence-corrected chi connectivity index (χ3v) is 4.58. The van der Waals surface area contributed by atoms with E-state index in [1.54, 1.807) is 12.4 Å². The number of methoxy groups -OCH3 is 1. The highest BCUT2D eigenvalue weighted by atomic mass is 16.5. The van der Waals surface area contributed by atoms with Crippen LogP contribution in [0.3, 0.4) is 0 Å². The van der Waals surface area contributed by atoms with Gasteiger partial charge in [-0.15, -0.1) is 0 Å². The zero-order chi connectivity index (χ0) is 17.8. The quantitative estimate of drug-likeness (QED) is 0.895. The molecule has 2 heterocycles. The number of aliphatic hydroxyl groups is 1. The van der Waals surface area contributed by atoms with Crippen molar-refractivity contribution in [3.8, 4) is 17.2 Å². The lowest BCUT2D eigenvalue weighted by Crippen LogP contribution is -2.65. The summed E-state index contributed by atoms with van der Waals surface area (Å²) in [5, 5.41) is 19.2. The summed E-state index contributed by atoms with van der Waals surface area (Å²) < 4.78 is 4.86. The van der Waals surface area contributed by atoms with E-state index in [1.807, 2.05) is 36.4 Å². The van der Waals surface area contributed by atoms with Crippen LogP contribution >= 0.6 is 0 Å². The second-order valence-corrected chi connectivity index (χ2v) is 5.95. The average Bonchev–Trinajstić information content (AvgIpc) is 2.63. The van der Waals surface area contributed by atoms with Gasteiger partial charge >= 0.3 is 0 Å². The van der Waals surface area contributed by atoms with E-state index in [4.69, 9.17) is 4.74 Å². The van der Waals surface area contributed by atoms with Crippen molar-refractivity contribution in [1.82, 2.24) is 9.88 Å². The molecule has 0 unspecified atom stereocenters. The molecular formula is C19H19N3O3. The third-order valence-electron chi connectivity index (χ3n) is 4.58. The van der Waals surface area contributed by atoms with Crippen LogP contribution in [0.4, 0.5) is 0 Å². The van der Waals surface area contributed by atoms with Gasteiger partial charge in [-0.3, -0.25) is 9.78 Å². The lowest BCUT2D eigenvalue weighted by Gasteiger charge is -2.51. The second-order valence-electron chi connectivity index (χ2n) is 5.95. The molecule has 128 valence electrons. The van der Waals surface area contributed by atoms with Crippen molar-refractivity contribution in [2.24, 2.45) is 0 Å². The first kappa shape index (κ1) is 17.1. The molecule has 6 nitrogen and oxygen atoms in total. The fraction of sp³-hybridized carbons (Fsp3) is 0.316. The predicted octanol–water partition coefficient (Wildman–Crippen LogP) is 1.57. The molecule has 0 saturated carbocycles. The van der Waals surface area contributed by atoms with Gasteiger partial charge in [-0.1, -0.05) is 30.3 Å². The first-order chi connectivity index (χ1) is 12.2. The molecule has 1 aliphatic heterocycles. The van der Waals surface area contributed by atoms with Crippen molar-refractivity contribution < 1.29 is 14.6 Å². The first-order valence-corrected chi connectivity index (χ1v) is 8.02. The number of carbonyl (C=O) groups excluding carboxylic acids is 1. The van der Waals surface area contributed by atoms with E-state index in [1.165, 1.54) is 12.0 Å². The number of nitrogens with zero attached hydrogens (tertiary/aromatic N) is 3. The Bertz CT molecular complexity index is 771. The van der Waals surface area contributed by atoms with E-state index in [0.717, 1.165) is 16.7 Å². The van der Waals surface area contributed by atoms with E-state index in [0.29, 0.717) is 0 Å². The van der Waals surface area contributed by atoms with Crippen molar-refractivity contribution in [3.05, 3.63) is 54.4 Å². The average molecular weight is 337 g/mol. The van der Waals surface area contributed by atoms with Crippen molar-refractivity contribution >= 4 is 5.91 Å². The van der Waals surface area contributed by atoms with Crippen LogP contribution in [0.15, 0.2) is 48.8 Å². The zero-order valence-electron chi connectivity index (χ0n) is 13.9. The number of hydrogen-bond donors (Lipinski definition) is 1. The van der Waals surface area contributed by atoms with Gasteiger partial charge in [0.2, 0.25) is 5.91 Å². The standard InChI is InChI=1S/C19H19N3O3/c1-25-12-18(24)22-16(9-20)19(17(22)11-23)14-6-4-13(5-7-14)15-3-2-8-21-10-15/h2-8,10,16-17,19,23H,11-12H2,1H3/t16-,17-,19-/m1/s1. The number of benzene rings is 1. The van der Waals surface area contributed by atoms with Crippen LogP contribution in [0.1, 0.15) is 11.5 Å². The van der Waals surface area contributed by atoms with Crippen LogP contribution in [0.2, 0.25) is 0 Å². The normalized spacial score (nSPS) is 22.1. The highest BCUT2D eigenvalue weighted by Crippen LogP contribution is 2.40. The molecule has 1 N–H and O–H groups in total. The third kappa shape index (κ3) is 3.12. The molecule has 0 aliphatic carbocycles. The number of likely N-dealkylation sites (tertiary alicyclic amines) is 1. The minimum atomic E-state index is -0.593. The molecule has 0 bridgehead atoms. The molecule has 1 amide bonds. The number of aliphatic hydroxyl groups excluding tert-OH is 1. The molecular weight excluding hydrogens is 318 g/mol. The van der Waals surface area contributed by atoms with Crippen molar-refractivity contribution in [2.45, 2.75) is 18.0 Å². The van der Waals surface area contributed by atoms with Crippen LogP contribution in [0.5, 0.6) is 0 Å². The highest BCUT2D eigenvalue weighted by molar-refractivity contribution is 5.80. The molecule has 0 spiro atoms. The molecule has 6 heteroatoms. The smallest absolute Gasteiger partial charge is 0.249 e. The van der Waals surface area contributed by atoms with E-state index in [-0.39, 0.29) is 25.0 Å². The number of hydrogen-bond acceptors (Lipinski definition) is 5. The van der Waals surface area contributed by atoms with Gasteiger partial charge in [0.15, 0.2) is 0 Å². The van der Waals surface area contributed by atoms with Gasteiger partial charge in [-0.25, -0.2) is 0 Å². The Morgan fingerprint density at radius 3 is 2.64 bits per heavy atom. The number of nitriles is 1. The van der Waals surface area contributed by atoms with Crippen LogP contribution in [0.25, 0.3) is 11.1 Å². The van der Waals surface area contributed by atoms with Gasteiger partial charge in [-0.05, 0) is 22.8 Å². The molecule has 0 radical (unpaired) electrons. The zero-order valence-corrected chi connectivity index (χ0v) is 13.9. The van der Waals surface area contributed by atoms with Crippen LogP contribution < -0.4 is 0 Å². The van der Waals surface area contributed by atoms with Gasteiger partial charge in [0.05, 0.1) is 18.7 Å². The highest BCUT2D eigenvalue weighted by Gasteiger charge is 2.51. The molecule has 1 saturated heterocycles. The molecule has 2 aromatic rings. The lowest BCUT2D eigenvalue weighted by molar-refractivity contribution is -0.150. The summed E-state index contributed by atoms with van der Waals surface area (Å²) in [7, 11) is 1.43. The molecule has 3 atom stereocenters. The Labute approximate surface area is 146 Å². The van der Waals surface area contributed by atoms with Crippen molar-refractivity contribution in [3.63, 3.8) is 0 Å². The number of carbonyl (C=O) groups is 1. The first-order valence-electron chi connectivity index (χ1n) is 8.02. The van der Waals surface area contributed by atoms with Gasteiger partial charge in [0, 0.05) is 25.4 Å². The number of pyridine rings is 1. The Morgan fingerprint density at radius 2 is 2.08 bits per heavy atom. The van der Waals surface area contributed by atoms with Crippen LogP contribution in [-0.2, 0) is 9.53 Å².